The highest BCUT2D eigenvalue weighted by Crippen LogP contribution is 2.67. The number of carboxylic acids is 1. The quantitative estimate of drug-likeness (QED) is 0.786. The van der Waals surface area contributed by atoms with Gasteiger partial charge in [0.15, 0.2) is 0 Å². The Morgan fingerprint density at radius 1 is 1.11 bits per heavy atom. The zero-order valence-corrected chi connectivity index (χ0v) is 17.5. The number of hydrogen-bond acceptors (Lipinski definition) is 2. The van der Waals surface area contributed by atoms with Crippen LogP contribution in [-0.4, -0.2) is 35.0 Å². The molecule has 1 aliphatic heterocycles. The third-order valence-corrected chi connectivity index (χ3v) is 9.81. The summed E-state index contributed by atoms with van der Waals surface area (Å²) in [5.74, 6) is 2.77. The van der Waals surface area contributed by atoms with E-state index >= 15 is 0 Å². The van der Waals surface area contributed by atoms with Gasteiger partial charge >= 0.3 is 5.97 Å². The molecule has 0 aromatic carbocycles. The molecule has 4 fully saturated rings. The fraction of sp³-hybridized carbons (Fsp3) is 0.913. The van der Waals surface area contributed by atoms with Crippen molar-refractivity contribution in [1.29, 1.82) is 0 Å². The summed E-state index contributed by atoms with van der Waals surface area (Å²) in [6, 6.07) is 0.424. The second-order valence-corrected chi connectivity index (χ2v) is 10.8. The molecule has 3 aliphatic carbocycles. The van der Waals surface area contributed by atoms with Crippen LogP contribution in [0.25, 0.3) is 0 Å². The normalized spacial score (nSPS) is 47.8. The van der Waals surface area contributed by atoms with E-state index in [2.05, 4.69) is 25.7 Å². The molecule has 8 atom stereocenters. The van der Waals surface area contributed by atoms with E-state index in [4.69, 9.17) is 0 Å². The Bertz CT molecular complexity index is 633. The molecule has 0 spiro atoms. The SMILES string of the molecule is C[C@H](CC(=O)O)[C@H]1CC[C@H]2[C@@H]3CC[C@H]4N(C)C(=O)CC[C@]4(C)[C@H]3CC[C@]12C. The van der Waals surface area contributed by atoms with Gasteiger partial charge in [-0.05, 0) is 85.4 Å². The highest BCUT2D eigenvalue weighted by Gasteiger charge is 2.61. The minimum atomic E-state index is -0.647. The summed E-state index contributed by atoms with van der Waals surface area (Å²) < 4.78 is 0. The lowest BCUT2D eigenvalue weighted by molar-refractivity contribution is -0.159. The number of piperidine rings is 1. The number of nitrogens with zero attached hydrogens (tertiary/aromatic N) is 1. The molecule has 0 aromatic heterocycles. The molecule has 4 nitrogen and oxygen atoms in total. The first-order valence-electron chi connectivity index (χ1n) is 11.2. The van der Waals surface area contributed by atoms with Crippen LogP contribution in [0.15, 0.2) is 0 Å². The fourth-order valence-electron chi connectivity index (χ4n) is 8.54. The van der Waals surface area contributed by atoms with Crippen molar-refractivity contribution in [2.75, 3.05) is 7.05 Å². The Kier molecular flexibility index (Phi) is 4.63. The van der Waals surface area contributed by atoms with E-state index in [0.717, 1.165) is 30.6 Å². The van der Waals surface area contributed by atoms with Gasteiger partial charge in [-0.2, -0.15) is 0 Å². The molecule has 4 rings (SSSR count). The molecule has 0 aromatic rings. The maximum atomic E-state index is 12.3. The number of amides is 1. The summed E-state index contributed by atoms with van der Waals surface area (Å²) in [5, 5.41) is 9.29. The average Bonchev–Trinajstić information content (AvgIpc) is 2.95. The zero-order valence-electron chi connectivity index (χ0n) is 17.5. The number of carbonyl (C=O) groups excluding carboxylic acids is 1. The molecule has 0 bridgehead atoms. The van der Waals surface area contributed by atoms with Crippen molar-refractivity contribution in [3.8, 4) is 0 Å². The largest absolute Gasteiger partial charge is 0.481 e. The van der Waals surface area contributed by atoms with Crippen LogP contribution in [0.5, 0.6) is 0 Å². The predicted octanol–water partition coefficient (Wildman–Crippen LogP) is 4.58. The summed E-state index contributed by atoms with van der Waals surface area (Å²) in [6.45, 7) is 7.12. The number of carboxylic acid groups (broad SMARTS) is 1. The molecule has 1 amide bonds. The van der Waals surface area contributed by atoms with Gasteiger partial charge in [-0.15, -0.1) is 0 Å². The zero-order chi connectivity index (χ0) is 19.6. The minimum Gasteiger partial charge on any atom is -0.481 e. The van der Waals surface area contributed by atoms with Gasteiger partial charge in [-0.25, -0.2) is 0 Å². The molecule has 3 saturated carbocycles. The second kappa shape index (κ2) is 6.49. The van der Waals surface area contributed by atoms with Crippen molar-refractivity contribution in [2.24, 2.45) is 40.4 Å². The van der Waals surface area contributed by atoms with Gasteiger partial charge < -0.3 is 10.0 Å². The van der Waals surface area contributed by atoms with Gasteiger partial charge in [-0.1, -0.05) is 20.8 Å². The Labute approximate surface area is 164 Å². The standard InChI is InChI=1S/C23H37NO3/c1-14(13-21(26)27)16-6-7-17-15-5-8-19-23(3,12-10-20(25)24(19)4)18(15)9-11-22(16,17)2/h14-19H,5-13H2,1-4H3,(H,26,27)/t14-,15+,16-,17+,18+,19-,22-,23-/m1/s1. The summed E-state index contributed by atoms with van der Waals surface area (Å²) in [4.78, 5) is 25.6. The topological polar surface area (TPSA) is 57.6 Å². The van der Waals surface area contributed by atoms with Crippen LogP contribution < -0.4 is 0 Å². The van der Waals surface area contributed by atoms with E-state index < -0.39 is 5.97 Å². The number of carbonyl (C=O) groups is 2. The van der Waals surface area contributed by atoms with E-state index in [9.17, 15) is 14.7 Å². The van der Waals surface area contributed by atoms with Gasteiger partial charge in [0.2, 0.25) is 5.91 Å². The lowest BCUT2D eigenvalue weighted by Gasteiger charge is -2.62. The van der Waals surface area contributed by atoms with Crippen molar-refractivity contribution in [3.63, 3.8) is 0 Å². The average molecular weight is 376 g/mol. The Morgan fingerprint density at radius 2 is 1.81 bits per heavy atom. The first-order valence-corrected chi connectivity index (χ1v) is 11.2. The molecular weight excluding hydrogens is 338 g/mol. The summed E-state index contributed by atoms with van der Waals surface area (Å²) in [6.07, 6.45) is 9.49. The first-order chi connectivity index (χ1) is 12.7. The van der Waals surface area contributed by atoms with E-state index in [0.29, 0.717) is 36.1 Å². The number of likely N-dealkylation sites (tertiary alicyclic amines) is 1. The molecule has 1 N–H and O–H groups in total. The van der Waals surface area contributed by atoms with Gasteiger partial charge in [0, 0.05) is 25.9 Å². The Hall–Kier alpha value is -1.06. The summed E-state index contributed by atoms with van der Waals surface area (Å²) in [5.41, 5.74) is 0.591. The molecular formula is C23H37NO3. The van der Waals surface area contributed by atoms with Crippen LogP contribution in [0.4, 0.5) is 0 Å². The smallest absolute Gasteiger partial charge is 0.303 e. The second-order valence-electron chi connectivity index (χ2n) is 10.8. The monoisotopic (exact) mass is 375 g/mol. The van der Waals surface area contributed by atoms with Crippen LogP contribution in [0.1, 0.15) is 78.6 Å². The number of rotatable bonds is 3. The number of hydrogen-bond donors (Lipinski definition) is 1. The first kappa shape index (κ1) is 19.3. The molecule has 0 radical (unpaired) electrons. The maximum Gasteiger partial charge on any atom is 0.303 e. The van der Waals surface area contributed by atoms with E-state index in [1.165, 1.54) is 32.1 Å². The van der Waals surface area contributed by atoms with Gasteiger partial charge in [0.1, 0.15) is 0 Å². The van der Waals surface area contributed by atoms with E-state index in [1.54, 1.807) is 0 Å². The summed E-state index contributed by atoms with van der Waals surface area (Å²) >= 11 is 0. The molecule has 4 heteroatoms. The van der Waals surface area contributed by atoms with Crippen molar-refractivity contribution < 1.29 is 14.7 Å². The minimum absolute atomic E-state index is 0.275. The van der Waals surface area contributed by atoms with Crippen molar-refractivity contribution in [3.05, 3.63) is 0 Å². The van der Waals surface area contributed by atoms with Crippen LogP contribution in [0.2, 0.25) is 0 Å². The Balaban J connectivity index is 1.57. The number of aliphatic carboxylic acids is 1. The molecule has 4 aliphatic rings. The van der Waals surface area contributed by atoms with Crippen LogP contribution in [0.3, 0.4) is 0 Å². The number of fused-ring (bicyclic) bond motifs is 5. The lowest BCUT2D eigenvalue weighted by Crippen LogP contribution is -2.61. The van der Waals surface area contributed by atoms with Gasteiger partial charge in [0.25, 0.3) is 0 Å². The summed E-state index contributed by atoms with van der Waals surface area (Å²) in [7, 11) is 2.02. The van der Waals surface area contributed by atoms with Crippen molar-refractivity contribution >= 4 is 11.9 Å². The lowest BCUT2D eigenvalue weighted by atomic mass is 9.46. The molecule has 1 heterocycles. The van der Waals surface area contributed by atoms with Gasteiger partial charge in [0.05, 0.1) is 0 Å². The van der Waals surface area contributed by atoms with Crippen LogP contribution >= 0.6 is 0 Å². The third kappa shape index (κ3) is 2.76. The van der Waals surface area contributed by atoms with Gasteiger partial charge in [-0.3, -0.25) is 9.59 Å². The fourth-order valence-corrected chi connectivity index (χ4v) is 8.54. The Morgan fingerprint density at radius 3 is 2.52 bits per heavy atom. The molecule has 152 valence electrons. The molecule has 27 heavy (non-hydrogen) atoms. The molecule has 1 saturated heterocycles. The van der Waals surface area contributed by atoms with E-state index in [-0.39, 0.29) is 11.3 Å². The maximum absolute atomic E-state index is 12.3. The van der Waals surface area contributed by atoms with Crippen molar-refractivity contribution in [2.45, 2.75) is 84.6 Å². The third-order valence-electron chi connectivity index (χ3n) is 9.81. The van der Waals surface area contributed by atoms with Crippen LogP contribution in [-0.2, 0) is 9.59 Å². The highest BCUT2D eigenvalue weighted by molar-refractivity contribution is 5.77. The molecule has 0 unspecified atom stereocenters. The highest BCUT2D eigenvalue weighted by atomic mass is 16.4. The van der Waals surface area contributed by atoms with E-state index in [1.807, 2.05) is 7.05 Å². The van der Waals surface area contributed by atoms with Crippen LogP contribution in [0, 0.1) is 40.4 Å². The predicted molar refractivity (Wildman–Crippen MR) is 105 cm³/mol. The van der Waals surface area contributed by atoms with Crippen molar-refractivity contribution in [1.82, 2.24) is 4.90 Å².